The smallest absolute Gasteiger partial charge is 0.168 e. The van der Waals surface area contributed by atoms with Crippen LogP contribution in [0.4, 0.5) is 0 Å². The van der Waals surface area contributed by atoms with E-state index in [1.54, 1.807) is 0 Å². The van der Waals surface area contributed by atoms with Gasteiger partial charge in [-0.1, -0.05) is 91.9 Å². The Morgan fingerprint density at radius 3 is 2.43 bits per heavy atom. The number of aromatic nitrogens is 3. The molecule has 1 unspecified atom stereocenters. The molecule has 0 saturated carbocycles. The molecule has 0 N–H and O–H groups in total. The van der Waals surface area contributed by atoms with E-state index in [0.29, 0.717) is 5.92 Å². The third-order valence-electron chi connectivity index (χ3n) is 5.39. The molecule has 0 saturated heterocycles. The van der Waals surface area contributed by atoms with E-state index in [4.69, 9.17) is 0 Å². The molecule has 1 heterocycles. The van der Waals surface area contributed by atoms with E-state index in [2.05, 4.69) is 94.5 Å². The topological polar surface area (TPSA) is 30.7 Å². The van der Waals surface area contributed by atoms with Crippen LogP contribution >= 0.6 is 0 Å². The molecule has 1 atom stereocenters. The zero-order chi connectivity index (χ0) is 18.9. The van der Waals surface area contributed by atoms with E-state index in [1.165, 1.54) is 16.3 Å². The Morgan fingerprint density at radius 2 is 1.57 bits per heavy atom. The van der Waals surface area contributed by atoms with Crippen LogP contribution in [-0.4, -0.2) is 14.8 Å². The summed E-state index contributed by atoms with van der Waals surface area (Å²) < 4.78 is 2.22. The quantitative estimate of drug-likeness (QED) is 0.442. The number of nitrogens with zero attached hydrogens (tertiary/aromatic N) is 3. The maximum absolute atomic E-state index is 4.66. The van der Waals surface area contributed by atoms with Crippen LogP contribution in [0.25, 0.3) is 33.4 Å². The molecule has 28 heavy (non-hydrogen) atoms. The van der Waals surface area contributed by atoms with Gasteiger partial charge in [0.15, 0.2) is 11.6 Å². The van der Waals surface area contributed by atoms with Gasteiger partial charge in [0, 0.05) is 16.5 Å². The van der Waals surface area contributed by atoms with Gasteiger partial charge in [-0.05, 0) is 23.8 Å². The van der Waals surface area contributed by atoms with E-state index in [0.717, 1.165) is 29.3 Å². The first-order valence-electron chi connectivity index (χ1n) is 9.69. The number of hydrogen-bond acceptors (Lipinski definition) is 2. The van der Waals surface area contributed by atoms with Crippen molar-refractivity contribution in [3.8, 4) is 17.1 Å². The summed E-state index contributed by atoms with van der Waals surface area (Å²) in [5.74, 6) is 2.20. The van der Waals surface area contributed by atoms with E-state index in [1.807, 2.05) is 18.2 Å². The summed E-state index contributed by atoms with van der Waals surface area (Å²) >= 11 is 0. The first-order valence-corrected chi connectivity index (χ1v) is 9.69. The van der Waals surface area contributed by atoms with Crippen LogP contribution in [0.3, 0.4) is 0 Å². The van der Waals surface area contributed by atoms with Gasteiger partial charge in [0.1, 0.15) is 0 Å². The largest absolute Gasteiger partial charge is 0.275 e. The zero-order valence-electron chi connectivity index (χ0n) is 15.8. The van der Waals surface area contributed by atoms with Crippen LogP contribution in [0.2, 0.25) is 0 Å². The molecule has 3 nitrogen and oxygen atoms in total. The first kappa shape index (κ1) is 16.7. The van der Waals surface area contributed by atoms with Crippen molar-refractivity contribution in [3.63, 3.8) is 0 Å². The molecule has 4 aromatic rings. The van der Waals surface area contributed by atoms with Crippen LogP contribution in [0.15, 0.2) is 91.0 Å². The molecule has 1 aliphatic carbocycles. The lowest BCUT2D eigenvalue weighted by molar-refractivity contribution is 0.744. The van der Waals surface area contributed by atoms with Gasteiger partial charge in [-0.2, -0.15) is 0 Å². The molecule has 136 valence electrons. The van der Waals surface area contributed by atoms with Gasteiger partial charge in [-0.25, -0.2) is 0 Å². The third kappa shape index (κ3) is 2.76. The Kier molecular flexibility index (Phi) is 4.13. The highest BCUT2D eigenvalue weighted by molar-refractivity contribution is 5.91. The lowest BCUT2D eigenvalue weighted by atomic mass is 9.92. The highest BCUT2D eigenvalue weighted by Gasteiger charge is 2.23. The molecule has 1 aromatic heterocycles. The van der Waals surface area contributed by atoms with Gasteiger partial charge in [-0.15, -0.1) is 10.2 Å². The van der Waals surface area contributed by atoms with Gasteiger partial charge < -0.3 is 0 Å². The molecule has 3 aromatic carbocycles. The van der Waals surface area contributed by atoms with Crippen molar-refractivity contribution < 1.29 is 0 Å². The Balaban J connectivity index is 1.83. The SMILES string of the molecule is CC1CC=CC=C1c1nnc(-c2ccccc2)n1-c1cccc2ccccc12. The van der Waals surface area contributed by atoms with Crippen molar-refractivity contribution >= 4 is 16.3 Å². The molecule has 0 radical (unpaired) electrons. The van der Waals surface area contributed by atoms with Crippen LogP contribution < -0.4 is 0 Å². The maximum Gasteiger partial charge on any atom is 0.168 e. The lowest BCUT2D eigenvalue weighted by Gasteiger charge is -2.19. The molecule has 0 fully saturated rings. The van der Waals surface area contributed by atoms with Crippen LogP contribution in [0, 0.1) is 5.92 Å². The summed E-state index contributed by atoms with van der Waals surface area (Å²) in [7, 11) is 0. The maximum atomic E-state index is 4.66. The predicted octanol–water partition coefficient (Wildman–Crippen LogP) is 6.07. The summed E-state index contributed by atoms with van der Waals surface area (Å²) in [5, 5.41) is 11.7. The number of benzene rings is 3. The number of fused-ring (bicyclic) bond motifs is 1. The normalized spacial score (nSPS) is 16.3. The summed E-state index contributed by atoms with van der Waals surface area (Å²) in [6, 6.07) is 25.2. The van der Waals surface area contributed by atoms with Crippen LogP contribution in [0.1, 0.15) is 19.2 Å². The monoisotopic (exact) mass is 363 g/mol. The summed E-state index contributed by atoms with van der Waals surface area (Å²) in [6.07, 6.45) is 7.54. The first-order chi connectivity index (χ1) is 13.8. The molecule has 3 heteroatoms. The van der Waals surface area contributed by atoms with Crippen molar-refractivity contribution in [1.29, 1.82) is 0 Å². The predicted molar refractivity (Wildman–Crippen MR) is 115 cm³/mol. The average Bonchev–Trinajstić information content (AvgIpc) is 3.19. The zero-order valence-corrected chi connectivity index (χ0v) is 15.8. The Bertz CT molecular complexity index is 1190. The molecule has 0 spiro atoms. The molecular formula is C25H21N3. The van der Waals surface area contributed by atoms with E-state index < -0.39 is 0 Å². The molecule has 0 bridgehead atoms. The second-order valence-electron chi connectivity index (χ2n) is 7.23. The number of rotatable bonds is 3. The van der Waals surface area contributed by atoms with E-state index in [9.17, 15) is 0 Å². The van der Waals surface area contributed by atoms with Crippen LogP contribution in [-0.2, 0) is 0 Å². The van der Waals surface area contributed by atoms with Crippen molar-refractivity contribution in [1.82, 2.24) is 14.8 Å². The van der Waals surface area contributed by atoms with Crippen molar-refractivity contribution in [2.75, 3.05) is 0 Å². The summed E-state index contributed by atoms with van der Waals surface area (Å²) in [6.45, 7) is 2.25. The fourth-order valence-corrected chi connectivity index (χ4v) is 3.92. The Hall–Kier alpha value is -3.46. The van der Waals surface area contributed by atoms with Gasteiger partial charge in [0.2, 0.25) is 0 Å². The van der Waals surface area contributed by atoms with Crippen LogP contribution in [0.5, 0.6) is 0 Å². The molecule has 5 rings (SSSR count). The third-order valence-corrected chi connectivity index (χ3v) is 5.39. The minimum Gasteiger partial charge on any atom is -0.275 e. The number of hydrogen-bond donors (Lipinski definition) is 0. The van der Waals surface area contributed by atoms with Crippen molar-refractivity contribution in [3.05, 3.63) is 96.8 Å². The van der Waals surface area contributed by atoms with E-state index >= 15 is 0 Å². The molecule has 1 aliphatic rings. The van der Waals surface area contributed by atoms with Gasteiger partial charge in [-0.3, -0.25) is 4.57 Å². The Morgan fingerprint density at radius 1 is 0.821 bits per heavy atom. The van der Waals surface area contributed by atoms with Gasteiger partial charge >= 0.3 is 0 Å². The summed E-state index contributed by atoms with van der Waals surface area (Å²) in [5.41, 5.74) is 3.40. The standard InChI is InChI=1S/C25H21N3/c1-18-10-5-7-15-21(18)25-27-26-24(20-12-3-2-4-13-20)28(25)23-17-9-14-19-11-6-8-16-22(19)23/h2-9,11-18H,10H2,1H3. The Labute approximate surface area is 164 Å². The molecular weight excluding hydrogens is 342 g/mol. The second-order valence-corrected chi connectivity index (χ2v) is 7.23. The van der Waals surface area contributed by atoms with Crippen molar-refractivity contribution in [2.45, 2.75) is 13.3 Å². The highest BCUT2D eigenvalue weighted by atomic mass is 15.3. The van der Waals surface area contributed by atoms with Crippen molar-refractivity contribution in [2.24, 2.45) is 5.92 Å². The molecule has 0 aliphatic heterocycles. The molecule has 0 amide bonds. The van der Waals surface area contributed by atoms with Gasteiger partial charge in [0.25, 0.3) is 0 Å². The summed E-state index contributed by atoms with van der Waals surface area (Å²) in [4.78, 5) is 0. The fraction of sp³-hybridized carbons (Fsp3) is 0.120. The average molecular weight is 363 g/mol. The van der Waals surface area contributed by atoms with E-state index in [-0.39, 0.29) is 0 Å². The number of allylic oxidation sites excluding steroid dienone is 4. The van der Waals surface area contributed by atoms with Gasteiger partial charge in [0.05, 0.1) is 5.69 Å². The lowest BCUT2D eigenvalue weighted by Crippen LogP contribution is -2.09. The second kappa shape index (κ2) is 6.93. The minimum absolute atomic E-state index is 0.409. The highest BCUT2D eigenvalue weighted by Crippen LogP contribution is 2.34. The minimum atomic E-state index is 0.409. The fourth-order valence-electron chi connectivity index (χ4n) is 3.92.